The first-order chi connectivity index (χ1) is 13.6. The van der Waals surface area contributed by atoms with E-state index < -0.39 is 0 Å². The topological polar surface area (TPSA) is 61.9 Å². The van der Waals surface area contributed by atoms with Gasteiger partial charge in [0.2, 0.25) is 0 Å². The molecule has 0 bridgehead atoms. The normalized spacial score (nSPS) is 21.7. The molecule has 0 amide bonds. The van der Waals surface area contributed by atoms with Crippen molar-refractivity contribution in [2.75, 3.05) is 19.6 Å². The third-order valence-corrected chi connectivity index (χ3v) is 6.35. The van der Waals surface area contributed by atoms with Gasteiger partial charge >= 0.3 is 0 Å². The van der Waals surface area contributed by atoms with Crippen molar-refractivity contribution in [2.24, 2.45) is 5.92 Å². The van der Waals surface area contributed by atoms with Crippen molar-refractivity contribution in [2.45, 2.75) is 58.9 Å². The van der Waals surface area contributed by atoms with E-state index in [4.69, 9.17) is 9.97 Å². The largest absolute Gasteiger partial charge is 0.316 e. The van der Waals surface area contributed by atoms with Gasteiger partial charge in [-0.25, -0.2) is 15.4 Å². The van der Waals surface area contributed by atoms with E-state index in [0.29, 0.717) is 12.0 Å². The maximum Gasteiger partial charge on any atom is 0.130 e. The van der Waals surface area contributed by atoms with E-state index in [0.717, 1.165) is 44.7 Å². The van der Waals surface area contributed by atoms with Crippen molar-refractivity contribution in [3.8, 4) is 0 Å². The van der Waals surface area contributed by atoms with Gasteiger partial charge in [-0.1, -0.05) is 18.2 Å². The zero-order chi connectivity index (χ0) is 19.5. The molecule has 0 radical (unpaired) electrons. The molecule has 4 rings (SSSR count). The molecule has 1 saturated heterocycles. The number of nitrogens with zero attached hydrogens (tertiary/aromatic N) is 2. The van der Waals surface area contributed by atoms with Gasteiger partial charge in [-0.2, -0.15) is 0 Å². The quantitative estimate of drug-likeness (QED) is 0.674. The Bertz CT molecular complexity index is 832. The fourth-order valence-electron chi connectivity index (χ4n) is 4.48. The first-order valence-electron chi connectivity index (χ1n) is 10.7. The van der Waals surface area contributed by atoms with E-state index in [1.165, 1.54) is 46.5 Å². The first kappa shape index (κ1) is 19.5. The molecule has 1 aliphatic heterocycles. The van der Waals surface area contributed by atoms with Crippen LogP contribution in [0.5, 0.6) is 0 Å². The average Bonchev–Trinajstić information content (AvgIpc) is 3.16. The molecular weight excluding hydrogens is 346 g/mol. The Balaban J connectivity index is 1.31. The molecule has 2 heterocycles. The third kappa shape index (κ3) is 4.27. The Morgan fingerprint density at radius 2 is 1.93 bits per heavy atom. The van der Waals surface area contributed by atoms with Crippen LogP contribution in [0.15, 0.2) is 18.2 Å². The molecule has 2 aromatic rings. The van der Waals surface area contributed by atoms with Gasteiger partial charge in [-0.05, 0) is 68.7 Å². The maximum atomic E-state index is 4.85. The van der Waals surface area contributed by atoms with Gasteiger partial charge in [0.25, 0.3) is 0 Å². The van der Waals surface area contributed by atoms with Gasteiger partial charge in [0, 0.05) is 43.4 Å². The summed E-state index contributed by atoms with van der Waals surface area (Å²) in [5.41, 5.74) is 14.8. The van der Waals surface area contributed by atoms with Gasteiger partial charge in [-0.3, -0.25) is 5.43 Å². The highest BCUT2D eigenvalue weighted by Crippen LogP contribution is 2.26. The van der Waals surface area contributed by atoms with E-state index in [2.05, 4.69) is 55.1 Å². The second kappa shape index (κ2) is 8.68. The minimum absolute atomic E-state index is 0.356. The number of rotatable bonds is 6. The molecule has 28 heavy (non-hydrogen) atoms. The predicted octanol–water partition coefficient (Wildman–Crippen LogP) is 2.88. The highest BCUT2D eigenvalue weighted by atomic mass is 15.4. The standard InChI is InChI=1S/C23H33N5/c1-15-8-9-18(12-16(15)2)23-19(14-25-28-23)13-24-11-10-22-26-17(3)20-6-4-5-7-21(20)27-22/h8-9,12,19,23-25,28H,4-7,10-11,13-14H2,1-3H3. The van der Waals surface area contributed by atoms with E-state index in [-0.39, 0.29) is 0 Å². The molecule has 2 unspecified atom stereocenters. The Morgan fingerprint density at radius 3 is 2.79 bits per heavy atom. The van der Waals surface area contributed by atoms with Gasteiger partial charge in [0.1, 0.15) is 5.82 Å². The number of hydrogen-bond donors (Lipinski definition) is 3. The van der Waals surface area contributed by atoms with Crippen LogP contribution in [0.1, 0.15) is 58.3 Å². The lowest BCUT2D eigenvalue weighted by atomic mass is 9.92. The first-order valence-corrected chi connectivity index (χ1v) is 10.7. The second-order valence-corrected chi connectivity index (χ2v) is 8.42. The second-order valence-electron chi connectivity index (χ2n) is 8.42. The fourth-order valence-corrected chi connectivity index (χ4v) is 4.48. The number of benzene rings is 1. The summed E-state index contributed by atoms with van der Waals surface area (Å²) >= 11 is 0. The molecule has 0 saturated carbocycles. The van der Waals surface area contributed by atoms with Gasteiger partial charge in [0.15, 0.2) is 0 Å². The smallest absolute Gasteiger partial charge is 0.130 e. The summed E-state index contributed by atoms with van der Waals surface area (Å²) in [6.45, 7) is 9.40. The summed E-state index contributed by atoms with van der Waals surface area (Å²) in [6, 6.07) is 7.15. The summed E-state index contributed by atoms with van der Waals surface area (Å²) in [4.78, 5) is 9.61. The summed E-state index contributed by atoms with van der Waals surface area (Å²) in [5.74, 6) is 1.53. The van der Waals surface area contributed by atoms with E-state index in [9.17, 15) is 0 Å². The predicted molar refractivity (Wildman–Crippen MR) is 113 cm³/mol. The van der Waals surface area contributed by atoms with E-state index >= 15 is 0 Å². The SMILES string of the molecule is Cc1ccc(C2NNCC2CNCCc2nc(C)c3c(n2)CCCC3)cc1C. The summed E-state index contributed by atoms with van der Waals surface area (Å²) < 4.78 is 0. The van der Waals surface area contributed by atoms with Crippen molar-refractivity contribution < 1.29 is 0 Å². The molecule has 150 valence electrons. The van der Waals surface area contributed by atoms with Crippen LogP contribution >= 0.6 is 0 Å². The number of hydrogen-bond acceptors (Lipinski definition) is 5. The van der Waals surface area contributed by atoms with Crippen LogP contribution in [0.25, 0.3) is 0 Å². The molecular formula is C23H33N5. The maximum absolute atomic E-state index is 4.85. The van der Waals surface area contributed by atoms with Crippen LogP contribution in [0.4, 0.5) is 0 Å². The van der Waals surface area contributed by atoms with Gasteiger partial charge in [0.05, 0.1) is 6.04 Å². The minimum Gasteiger partial charge on any atom is -0.316 e. The van der Waals surface area contributed by atoms with Crippen LogP contribution < -0.4 is 16.2 Å². The zero-order valence-electron chi connectivity index (χ0n) is 17.4. The van der Waals surface area contributed by atoms with Gasteiger partial charge < -0.3 is 5.32 Å². The number of nitrogens with one attached hydrogen (secondary N) is 3. The summed E-state index contributed by atoms with van der Waals surface area (Å²) in [5, 5.41) is 3.64. The van der Waals surface area contributed by atoms with Crippen molar-refractivity contribution in [1.29, 1.82) is 0 Å². The van der Waals surface area contributed by atoms with E-state index in [1.807, 2.05) is 0 Å². The number of hydrazine groups is 1. The van der Waals surface area contributed by atoms with Crippen LogP contribution in [0.2, 0.25) is 0 Å². The van der Waals surface area contributed by atoms with Crippen molar-refractivity contribution in [3.05, 3.63) is 57.7 Å². The Kier molecular flexibility index (Phi) is 6.04. The Labute approximate surface area is 168 Å². The molecule has 1 aliphatic carbocycles. The Hall–Kier alpha value is -1.82. The van der Waals surface area contributed by atoms with Crippen LogP contribution in [0.3, 0.4) is 0 Å². The van der Waals surface area contributed by atoms with Gasteiger partial charge in [-0.15, -0.1) is 0 Å². The van der Waals surface area contributed by atoms with Crippen LogP contribution in [-0.4, -0.2) is 29.6 Å². The average molecular weight is 380 g/mol. The molecule has 1 fully saturated rings. The molecule has 2 atom stereocenters. The van der Waals surface area contributed by atoms with Crippen molar-refractivity contribution >= 4 is 0 Å². The molecule has 1 aromatic carbocycles. The highest BCUT2D eigenvalue weighted by Gasteiger charge is 2.28. The van der Waals surface area contributed by atoms with E-state index in [1.54, 1.807) is 0 Å². The van der Waals surface area contributed by atoms with Crippen LogP contribution in [0, 0.1) is 26.7 Å². The molecule has 3 N–H and O–H groups in total. The third-order valence-electron chi connectivity index (χ3n) is 6.35. The zero-order valence-corrected chi connectivity index (χ0v) is 17.4. The Morgan fingerprint density at radius 1 is 1.07 bits per heavy atom. The summed E-state index contributed by atoms with van der Waals surface area (Å²) in [7, 11) is 0. The number of fused-ring (bicyclic) bond motifs is 1. The monoisotopic (exact) mass is 379 g/mol. The molecule has 1 aromatic heterocycles. The minimum atomic E-state index is 0.356. The molecule has 2 aliphatic rings. The highest BCUT2D eigenvalue weighted by molar-refractivity contribution is 5.32. The van der Waals surface area contributed by atoms with Crippen molar-refractivity contribution in [1.82, 2.24) is 26.1 Å². The van der Waals surface area contributed by atoms with Crippen LogP contribution in [-0.2, 0) is 19.3 Å². The molecule has 0 spiro atoms. The number of aryl methyl sites for hydroxylation is 4. The molecule has 5 heteroatoms. The molecule has 5 nitrogen and oxygen atoms in total. The fraction of sp³-hybridized carbons (Fsp3) is 0.565. The number of aromatic nitrogens is 2. The lowest BCUT2D eigenvalue weighted by Crippen LogP contribution is -2.30. The van der Waals surface area contributed by atoms with Crippen molar-refractivity contribution in [3.63, 3.8) is 0 Å². The summed E-state index contributed by atoms with van der Waals surface area (Å²) in [6.07, 6.45) is 5.72. The lowest BCUT2D eigenvalue weighted by molar-refractivity contribution is 0.442. The lowest BCUT2D eigenvalue weighted by Gasteiger charge is -2.20.